The van der Waals surface area contributed by atoms with Crippen molar-refractivity contribution in [1.29, 1.82) is 0 Å². The summed E-state index contributed by atoms with van der Waals surface area (Å²) >= 11 is 0. The van der Waals surface area contributed by atoms with E-state index in [0.717, 1.165) is 18.4 Å². The van der Waals surface area contributed by atoms with E-state index >= 15 is 0 Å². The van der Waals surface area contributed by atoms with Gasteiger partial charge in [-0.1, -0.05) is 19.8 Å². The van der Waals surface area contributed by atoms with E-state index in [4.69, 9.17) is 6.42 Å². The van der Waals surface area contributed by atoms with Gasteiger partial charge in [-0.3, -0.25) is 0 Å². The van der Waals surface area contributed by atoms with Crippen LogP contribution < -0.4 is 5.32 Å². The van der Waals surface area contributed by atoms with Crippen molar-refractivity contribution in [2.45, 2.75) is 64.3 Å². The van der Waals surface area contributed by atoms with E-state index in [-0.39, 0.29) is 0 Å². The number of terminal acetylenes is 1. The average molecular weight is 207 g/mol. The van der Waals surface area contributed by atoms with Gasteiger partial charge in [0, 0.05) is 12.5 Å². The van der Waals surface area contributed by atoms with Gasteiger partial charge in [-0.25, -0.2) is 0 Å². The van der Waals surface area contributed by atoms with Crippen LogP contribution in [-0.2, 0) is 0 Å². The Hall–Kier alpha value is -0.480. The molecule has 0 amide bonds. The minimum atomic E-state index is 0.787. The van der Waals surface area contributed by atoms with Crippen molar-refractivity contribution in [1.82, 2.24) is 5.32 Å². The van der Waals surface area contributed by atoms with E-state index in [1.165, 1.54) is 51.5 Å². The molecular weight excluding hydrogens is 182 g/mol. The second-order valence-corrected chi connectivity index (χ2v) is 4.78. The lowest BCUT2D eigenvalue weighted by atomic mass is 9.83. The van der Waals surface area contributed by atoms with E-state index in [9.17, 15) is 0 Å². The predicted molar refractivity (Wildman–Crippen MR) is 66.7 cm³/mol. The van der Waals surface area contributed by atoms with Gasteiger partial charge in [-0.15, -0.1) is 12.3 Å². The van der Waals surface area contributed by atoms with Gasteiger partial charge in [0.15, 0.2) is 0 Å². The molecule has 1 aliphatic carbocycles. The third-order valence-corrected chi connectivity index (χ3v) is 3.40. The summed E-state index contributed by atoms with van der Waals surface area (Å²) in [5.74, 6) is 3.67. The summed E-state index contributed by atoms with van der Waals surface area (Å²) in [7, 11) is 0. The predicted octanol–water partition coefficient (Wildman–Crippen LogP) is 3.35. The maximum absolute atomic E-state index is 5.27. The summed E-state index contributed by atoms with van der Waals surface area (Å²) in [5.41, 5.74) is 0. The molecule has 1 fully saturated rings. The molecule has 0 saturated heterocycles. The first-order valence-electron chi connectivity index (χ1n) is 6.53. The van der Waals surface area contributed by atoms with E-state index in [1.54, 1.807) is 0 Å². The van der Waals surface area contributed by atoms with E-state index in [2.05, 4.69) is 18.2 Å². The van der Waals surface area contributed by atoms with Crippen LogP contribution in [-0.4, -0.2) is 12.6 Å². The number of nitrogens with one attached hydrogen (secondary N) is 1. The van der Waals surface area contributed by atoms with Gasteiger partial charge >= 0.3 is 0 Å². The van der Waals surface area contributed by atoms with Gasteiger partial charge in [0.05, 0.1) is 0 Å². The van der Waals surface area contributed by atoms with Crippen LogP contribution in [0.3, 0.4) is 0 Å². The van der Waals surface area contributed by atoms with Gasteiger partial charge in [-0.05, 0) is 44.6 Å². The highest BCUT2D eigenvalue weighted by Gasteiger charge is 2.20. The molecular formula is C14H25N. The molecule has 86 valence electrons. The average Bonchev–Trinajstić information content (AvgIpc) is 2.27. The Morgan fingerprint density at radius 1 is 1.40 bits per heavy atom. The Morgan fingerprint density at radius 2 is 2.27 bits per heavy atom. The van der Waals surface area contributed by atoms with Gasteiger partial charge in [-0.2, -0.15) is 0 Å². The largest absolute Gasteiger partial charge is 0.314 e. The molecule has 15 heavy (non-hydrogen) atoms. The monoisotopic (exact) mass is 207 g/mol. The molecule has 1 aliphatic rings. The molecule has 0 aromatic heterocycles. The molecule has 0 radical (unpaired) electrons. The molecule has 0 bridgehead atoms. The van der Waals surface area contributed by atoms with Crippen LogP contribution in [0, 0.1) is 18.3 Å². The van der Waals surface area contributed by atoms with Crippen molar-refractivity contribution >= 4 is 0 Å². The number of rotatable bonds is 6. The Bertz CT molecular complexity index is 192. The molecule has 1 heteroatoms. The zero-order valence-electron chi connectivity index (χ0n) is 10.1. The van der Waals surface area contributed by atoms with Gasteiger partial charge < -0.3 is 5.32 Å². The summed E-state index contributed by atoms with van der Waals surface area (Å²) < 4.78 is 0. The summed E-state index contributed by atoms with van der Waals surface area (Å²) in [6, 6.07) is 0.787. The quantitative estimate of drug-likeness (QED) is 0.520. The molecule has 0 spiro atoms. The number of unbranched alkanes of at least 4 members (excludes halogenated alkanes) is 1. The fourth-order valence-corrected chi connectivity index (χ4v) is 2.58. The lowest BCUT2D eigenvalue weighted by molar-refractivity contribution is 0.270. The first-order valence-corrected chi connectivity index (χ1v) is 6.53. The molecule has 2 atom stereocenters. The third-order valence-electron chi connectivity index (χ3n) is 3.40. The van der Waals surface area contributed by atoms with E-state index in [1.807, 2.05) is 0 Å². The van der Waals surface area contributed by atoms with Gasteiger partial charge in [0.2, 0.25) is 0 Å². The van der Waals surface area contributed by atoms with Gasteiger partial charge in [0.25, 0.3) is 0 Å². The summed E-state index contributed by atoms with van der Waals surface area (Å²) in [4.78, 5) is 0. The molecule has 0 aromatic carbocycles. The zero-order valence-corrected chi connectivity index (χ0v) is 10.1. The van der Waals surface area contributed by atoms with Crippen molar-refractivity contribution in [3.05, 3.63) is 0 Å². The standard InChI is InChI=1S/C14H25N/c1-3-5-6-8-13-9-7-10-14(12-13)15-11-4-2/h1,13-15H,4-12H2,2H3. The summed E-state index contributed by atoms with van der Waals surface area (Å²) in [6.45, 7) is 3.42. The molecule has 1 rings (SSSR count). The smallest absolute Gasteiger partial charge is 0.00861 e. The van der Waals surface area contributed by atoms with Crippen LogP contribution in [0.5, 0.6) is 0 Å². The fraction of sp³-hybridized carbons (Fsp3) is 0.857. The minimum Gasteiger partial charge on any atom is -0.314 e. The molecule has 2 unspecified atom stereocenters. The molecule has 0 aromatic rings. The molecule has 0 aliphatic heterocycles. The Labute approximate surface area is 95.0 Å². The minimum absolute atomic E-state index is 0.787. The third kappa shape index (κ3) is 5.23. The van der Waals surface area contributed by atoms with Crippen molar-refractivity contribution < 1.29 is 0 Å². The zero-order chi connectivity index (χ0) is 10.9. The van der Waals surface area contributed by atoms with Crippen LogP contribution in [0.15, 0.2) is 0 Å². The van der Waals surface area contributed by atoms with Crippen LogP contribution in [0.25, 0.3) is 0 Å². The van der Waals surface area contributed by atoms with Crippen molar-refractivity contribution in [3.63, 3.8) is 0 Å². The molecule has 1 N–H and O–H groups in total. The van der Waals surface area contributed by atoms with Crippen LogP contribution in [0.4, 0.5) is 0 Å². The van der Waals surface area contributed by atoms with E-state index < -0.39 is 0 Å². The first kappa shape index (κ1) is 12.6. The Morgan fingerprint density at radius 3 is 3.00 bits per heavy atom. The second-order valence-electron chi connectivity index (χ2n) is 4.78. The highest BCUT2D eigenvalue weighted by atomic mass is 14.9. The first-order chi connectivity index (χ1) is 7.36. The van der Waals surface area contributed by atoms with Crippen molar-refractivity contribution in [2.75, 3.05) is 6.54 Å². The van der Waals surface area contributed by atoms with Crippen molar-refractivity contribution in [2.24, 2.45) is 5.92 Å². The summed E-state index contributed by atoms with van der Waals surface area (Å²) in [6.07, 6.45) is 15.6. The highest BCUT2D eigenvalue weighted by Crippen LogP contribution is 2.28. The van der Waals surface area contributed by atoms with Crippen LogP contribution in [0.1, 0.15) is 58.3 Å². The van der Waals surface area contributed by atoms with Crippen molar-refractivity contribution in [3.8, 4) is 12.3 Å². The SMILES string of the molecule is C#CCCCC1CCCC(NCCC)C1. The fourth-order valence-electron chi connectivity index (χ4n) is 2.58. The molecule has 0 heterocycles. The maximum atomic E-state index is 5.27. The number of hydrogen-bond acceptors (Lipinski definition) is 1. The van der Waals surface area contributed by atoms with Crippen LogP contribution in [0.2, 0.25) is 0 Å². The number of hydrogen-bond donors (Lipinski definition) is 1. The second kappa shape index (κ2) is 7.77. The lowest BCUT2D eigenvalue weighted by Gasteiger charge is -2.29. The van der Waals surface area contributed by atoms with E-state index in [0.29, 0.717) is 0 Å². The topological polar surface area (TPSA) is 12.0 Å². The Kier molecular flexibility index (Phi) is 6.52. The summed E-state index contributed by atoms with van der Waals surface area (Å²) in [5, 5.41) is 3.65. The van der Waals surface area contributed by atoms with Crippen LogP contribution >= 0.6 is 0 Å². The normalized spacial score (nSPS) is 26.1. The maximum Gasteiger partial charge on any atom is 0.00861 e. The molecule has 1 saturated carbocycles. The Balaban J connectivity index is 2.14. The van der Waals surface area contributed by atoms with Gasteiger partial charge in [0.1, 0.15) is 0 Å². The molecule has 1 nitrogen and oxygen atoms in total. The lowest BCUT2D eigenvalue weighted by Crippen LogP contribution is -2.34. The highest BCUT2D eigenvalue weighted by molar-refractivity contribution is 4.84.